The zero-order valence-electron chi connectivity index (χ0n) is 10.4. The van der Waals surface area contributed by atoms with Crippen molar-refractivity contribution in [2.75, 3.05) is 0 Å². The van der Waals surface area contributed by atoms with Crippen molar-refractivity contribution in [1.82, 2.24) is 14.8 Å². The maximum absolute atomic E-state index is 6.17. The Labute approximate surface area is 115 Å². The summed E-state index contributed by atoms with van der Waals surface area (Å²) in [6, 6.07) is 8.30. The second kappa shape index (κ2) is 6.11. The molecule has 2 aromatic rings. The second-order valence-corrected chi connectivity index (χ2v) is 5.21. The summed E-state index contributed by atoms with van der Waals surface area (Å²) in [5, 5.41) is 4.15. The van der Waals surface area contributed by atoms with E-state index in [1.54, 1.807) is 6.33 Å². The number of nitrogens with zero attached hydrogens (tertiary/aromatic N) is 3. The van der Waals surface area contributed by atoms with Crippen molar-refractivity contribution in [2.45, 2.75) is 32.4 Å². The number of halogens is 1. The molecule has 1 atom stereocenters. The highest BCUT2D eigenvalue weighted by Gasteiger charge is 2.10. The molecule has 0 saturated carbocycles. The number of aryl methyl sites for hydroxylation is 1. The van der Waals surface area contributed by atoms with Gasteiger partial charge in [0.05, 0.1) is 0 Å². The lowest BCUT2D eigenvalue weighted by molar-refractivity contribution is 0.567. The summed E-state index contributed by atoms with van der Waals surface area (Å²) < 4.78 is 2.98. The highest BCUT2D eigenvalue weighted by molar-refractivity contribution is 9.10. The monoisotopic (exact) mass is 308 g/mol. The summed E-state index contributed by atoms with van der Waals surface area (Å²) >= 11 is 3.47. The number of aromatic nitrogens is 3. The second-order valence-electron chi connectivity index (χ2n) is 4.29. The van der Waals surface area contributed by atoms with Crippen LogP contribution in [0.2, 0.25) is 0 Å². The molecule has 1 aromatic carbocycles. The van der Waals surface area contributed by atoms with Gasteiger partial charge in [0.25, 0.3) is 0 Å². The van der Waals surface area contributed by atoms with Crippen molar-refractivity contribution >= 4 is 15.9 Å². The van der Waals surface area contributed by atoms with E-state index in [1.807, 2.05) is 16.8 Å². The Morgan fingerprint density at radius 2 is 2.22 bits per heavy atom. The molecule has 96 valence electrons. The van der Waals surface area contributed by atoms with Gasteiger partial charge >= 0.3 is 0 Å². The van der Waals surface area contributed by atoms with Crippen LogP contribution < -0.4 is 5.73 Å². The van der Waals surface area contributed by atoms with Crippen LogP contribution in [0.4, 0.5) is 0 Å². The first-order chi connectivity index (χ1) is 8.69. The number of nitrogens with two attached hydrogens (primary N) is 1. The van der Waals surface area contributed by atoms with Gasteiger partial charge in [0, 0.05) is 23.5 Å². The van der Waals surface area contributed by atoms with Gasteiger partial charge in [-0.3, -0.25) is 4.68 Å². The quantitative estimate of drug-likeness (QED) is 0.921. The predicted octanol–water partition coefficient (Wildman–Crippen LogP) is 2.17. The van der Waals surface area contributed by atoms with Gasteiger partial charge in [-0.15, -0.1) is 0 Å². The van der Waals surface area contributed by atoms with Gasteiger partial charge in [0.1, 0.15) is 12.2 Å². The summed E-state index contributed by atoms with van der Waals surface area (Å²) in [6.45, 7) is 2.89. The zero-order valence-corrected chi connectivity index (χ0v) is 12.0. The molecule has 4 nitrogen and oxygen atoms in total. The molecule has 1 aromatic heterocycles. The van der Waals surface area contributed by atoms with Gasteiger partial charge in [0.2, 0.25) is 0 Å². The number of rotatable bonds is 5. The molecule has 1 heterocycles. The highest BCUT2D eigenvalue weighted by Crippen LogP contribution is 2.13. The Hall–Kier alpha value is -1.20. The molecule has 0 saturated heterocycles. The molecule has 0 aliphatic carbocycles. The molecule has 2 rings (SSSR count). The third-order valence-electron chi connectivity index (χ3n) is 2.83. The Morgan fingerprint density at radius 3 is 2.94 bits per heavy atom. The molecule has 0 bridgehead atoms. The number of hydrogen-bond donors (Lipinski definition) is 1. The van der Waals surface area contributed by atoms with Gasteiger partial charge in [-0.25, -0.2) is 4.98 Å². The minimum Gasteiger partial charge on any atom is -0.327 e. The molecule has 5 heteroatoms. The average molecular weight is 309 g/mol. The van der Waals surface area contributed by atoms with Crippen molar-refractivity contribution in [2.24, 2.45) is 5.73 Å². The van der Waals surface area contributed by atoms with Crippen LogP contribution in [0.25, 0.3) is 0 Å². The van der Waals surface area contributed by atoms with Crippen LogP contribution in [0.5, 0.6) is 0 Å². The summed E-state index contributed by atoms with van der Waals surface area (Å²) in [5.74, 6) is 0.958. The van der Waals surface area contributed by atoms with E-state index in [9.17, 15) is 0 Å². The topological polar surface area (TPSA) is 56.7 Å². The Morgan fingerprint density at radius 1 is 1.39 bits per heavy atom. The third kappa shape index (κ3) is 3.40. The van der Waals surface area contributed by atoms with Crippen LogP contribution in [0.1, 0.15) is 18.3 Å². The fourth-order valence-electron chi connectivity index (χ4n) is 1.98. The van der Waals surface area contributed by atoms with Crippen molar-refractivity contribution in [3.05, 3.63) is 46.5 Å². The van der Waals surface area contributed by atoms with E-state index < -0.39 is 0 Å². The van der Waals surface area contributed by atoms with E-state index in [2.05, 4.69) is 45.1 Å². The number of hydrogen-bond acceptors (Lipinski definition) is 3. The Bertz CT molecular complexity index is 509. The fraction of sp³-hybridized carbons (Fsp3) is 0.385. The van der Waals surface area contributed by atoms with Gasteiger partial charge in [-0.2, -0.15) is 5.10 Å². The lowest BCUT2D eigenvalue weighted by atomic mass is 10.0. The van der Waals surface area contributed by atoms with Crippen LogP contribution in [0.15, 0.2) is 35.1 Å². The Balaban J connectivity index is 1.98. The molecule has 0 radical (unpaired) electrons. The average Bonchev–Trinajstić information content (AvgIpc) is 2.76. The maximum atomic E-state index is 6.17. The van der Waals surface area contributed by atoms with E-state index in [0.29, 0.717) is 0 Å². The van der Waals surface area contributed by atoms with E-state index in [1.165, 1.54) is 5.56 Å². The lowest BCUT2D eigenvalue weighted by Crippen LogP contribution is -2.27. The van der Waals surface area contributed by atoms with Crippen LogP contribution in [0, 0.1) is 0 Å². The smallest absolute Gasteiger partial charge is 0.138 e. The minimum atomic E-state index is 0.0637. The zero-order chi connectivity index (χ0) is 13.0. The normalized spacial score (nSPS) is 12.6. The number of benzene rings is 1. The van der Waals surface area contributed by atoms with Crippen molar-refractivity contribution in [3.63, 3.8) is 0 Å². The van der Waals surface area contributed by atoms with E-state index >= 15 is 0 Å². The molecule has 0 aliphatic heterocycles. The Kier molecular flexibility index (Phi) is 4.49. The summed E-state index contributed by atoms with van der Waals surface area (Å²) in [5.41, 5.74) is 7.41. The largest absolute Gasteiger partial charge is 0.327 e. The third-order valence-corrected chi connectivity index (χ3v) is 3.32. The first-order valence-electron chi connectivity index (χ1n) is 6.05. The predicted molar refractivity (Wildman–Crippen MR) is 75.2 cm³/mol. The molecule has 18 heavy (non-hydrogen) atoms. The minimum absolute atomic E-state index is 0.0637. The molecule has 0 aliphatic rings. The van der Waals surface area contributed by atoms with Crippen molar-refractivity contribution in [1.29, 1.82) is 0 Å². The van der Waals surface area contributed by atoms with Crippen LogP contribution in [-0.4, -0.2) is 20.8 Å². The van der Waals surface area contributed by atoms with Crippen LogP contribution in [0.3, 0.4) is 0 Å². The van der Waals surface area contributed by atoms with Crippen molar-refractivity contribution in [3.8, 4) is 0 Å². The molecule has 0 amide bonds. The summed E-state index contributed by atoms with van der Waals surface area (Å²) in [7, 11) is 0. The van der Waals surface area contributed by atoms with E-state index in [4.69, 9.17) is 5.73 Å². The molecule has 2 N–H and O–H groups in total. The van der Waals surface area contributed by atoms with Crippen LogP contribution in [-0.2, 0) is 19.4 Å². The first kappa shape index (κ1) is 13.2. The van der Waals surface area contributed by atoms with Gasteiger partial charge in [-0.1, -0.05) is 28.1 Å². The standard InChI is InChI=1S/C13H17BrN4/c1-2-18-13(16-9-17-18)8-12(15)7-10-4-3-5-11(14)6-10/h3-6,9,12H,2,7-8,15H2,1H3. The molecule has 0 spiro atoms. The van der Waals surface area contributed by atoms with Gasteiger partial charge in [-0.05, 0) is 31.0 Å². The fourth-order valence-corrected chi connectivity index (χ4v) is 2.43. The van der Waals surface area contributed by atoms with Gasteiger partial charge < -0.3 is 5.73 Å². The molecular weight excluding hydrogens is 292 g/mol. The lowest BCUT2D eigenvalue weighted by Gasteiger charge is -2.11. The van der Waals surface area contributed by atoms with Crippen LogP contribution >= 0.6 is 15.9 Å². The SMILES string of the molecule is CCn1ncnc1CC(N)Cc1cccc(Br)c1. The van der Waals surface area contributed by atoms with Gasteiger partial charge in [0.15, 0.2) is 0 Å². The molecule has 0 fully saturated rings. The summed E-state index contributed by atoms with van der Waals surface area (Å²) in [6.07, 6.45) is 3.18. The van der Waals surface area contributed by atoms with E-state index in [-0.39, 0.29) is 6.04 Å². The highest BCUT2D eigenvalue weighted by atomic mass is 79.9. The van der Waals surface area contributed by atoms with Crippen molar-refractivity contribution < 1.29 is 0 Å². The van der Waals surface area contributed by atoms with E-state index in [0.717, 1.165) is 29.7 Å². The molecule has 1 unspecified atom stereocenters. The molecular formula is C13H17BrN4. The summed E-state index contributed by atoms with van der Waals surface area (Å²) in [4.78, 5) is 4.25. The maximum Gasteiger partial charge on any atom is 0.138 e. The first-order valence-corrected chi connectivity index (χ1v) is 6.85.